The maximum atomic E-state index is 5.76. The third-order valence-electron chi connectivity index (χ3n) is 4.83. The Kier molecular flexibility index (Phi) is 9.74. The molecule has 6 heteroatoms. The molecule has 1 atom stereocenters. The molecule has 1 unspecified atom stereocenters. The topological polar surface area (TPSA) is 54.9 Å². The van der Waals surface area contributed by atoms with E-state index >= 15 is 0 Å². The van der Waals surface area contributed by atoms with Gasteiger partial charge in [-0.15, -0.1) is 24.0 Å². The number of aryl methyl sites for hydroxylation is 1. The summed E-state index contributed by atoms with van der Waals surface area (Å²) in [5, 5.41) is 6.83. The van der Waals surface area contributed by atoms with Gasteiger partial charge in [-0.1, -0.05) is 36.8 Å². The van der Waals surface area contributed by atoms with Crippen LogP contribution in [0.4, 0.5) is 0 Å². The molecule has 25 heavy (non-hydrogen) atoms. The van der Waals surface area contributed by atoms with E-state index in [-0.39, 0.29) is 29.6 Å². The lowest BCUT2D eigenvalue weighted by atomic mass is 9.94. The molecule has 1 aromatic carbocycles. The molecule has 0 radical (unpaired) electrons. The van der Waals surface area contributed by atoms with Gasteiger partial charge >= 0.3 is 0 Å². The monoisotopic (exact) mass is 461 g/mol. The highest BCUT2D eigenvalue weighted by Crippen LogP contribution is 2.23. The summed E-state index contributed by atoms with van der Waals surface area (Å²) in [5.74, 6) is 1.24. The zero-order valence-electron chi connectivity index (χ0n) is 15.8. The van der Waals surface area contributed by atoms with Crippen molar-refractivity contribution in [3.63, 3.8) is 0 Å². The number of guanidine groups is 1. The SMILES string of the molecule is CN=C(NCC(C)c1cccc(C)c1)NCC1(OC)CCOCC1.I. The summed E-state index contributed by atoms with van der Waals surface area (Å²) < 4.78 is 11.2. The summed E-state index contributed by atoms with van der Waals surface area (Å²) in [4.78, 5) is 4.33. The summed E-state index contributed by atoms with van der Waals surface area (Å²) in [6.45, 7) is 7.45. The quantitative estimate of drug-likeness (QED) is 0.389. The maximum absolute atomic E-state index is 5.76. The lowest BCUT2D eigenvalue weighted by molar-refractivity contribution is -0.0855. The molecule has 0 aromatic heterocycles. The fourth-order valence-corrected chi connectivity index (χ4v) is 3.01. The molecular formula is C19H32IN3O2. The Hall–Kier alpha value is -0.860. The second-order valence-electron chi connectivity index (χ2n) is 6.62. The second-order valence-corrected chi connectivity index (χ2v) is 6.62. The van der Waals surface area contributed by atoms with E-state index in [1.54, 1.807) is 14.2 Å². The summed E-state index contributed by atoms with van der Waals surface area (Å²) in [7, 11) is 3.58. The average molecular weight is 461 g/mol. The van der Waals surface area contributed by atoms with Crippen molar-refractivity contribution in [1.29, 1.82) is 0 Å². The smallest absolute Gasteiger partial charge is 0.191 e. The number of nitrogens with zero attached hydrogens (tertiary/aromatic N) is 1. The van der Waals surface area contributed by atoms with E-state index in [1.165, 1.54) is 11.1 Å². The summed E-state index contributed by atoms with van der Waals surface area (Å²) >= 11 is 0. The van der Waals surface area contributed by atoms with E-state index in [1.807, 2.05) is 0 Å². The summed E-state index contributed by atoms with van der Waals surface area (Å²) in [5.41, 5.74) is 2.48. The van der Waals surface area contributed by atoms with Crippen LogP contribution in [0, 0.1) is 6.92 Å². The van der Waals surface area contributed by atoms with Crippen molar-refractivity contribution in [3.05, 3.63) is 35.4 Å². The zero-order chi connectivity index (χ0) is 17.4. The number of hydrogen-bond donors (Lipinski definition) is 2. The van der Waals surface area contributed by atoms with Crippen LogP contribution >= 0.6 is 24.0 Å². The lowest BCUT2D eigenvalue weighted by Crippen LogP contribution is -2.51. The molecule has 1 saturated heterocycles. The fourth-order valence-electron chi connectivity index (χ4n) is 3.01. The molecule has 2 rings (SSSR count). The van der Waals surface area contributed by atoms with Gasteiger partial charge in [0.2, 0.25) is 0 Å². The highest BCUT2D eigenvalue weighted by Gasteiger charge is 2.32. The standard InChI is InChI=1S/C19H31N3O2.HI/c1-15-6-5-7-17(12-15)16(2)13-21-18(20-3)22-14-19(23-4)8-10-24-11-9-19;/h5-7,12,16H,8-11,13-14H2,1-4H3,(H2,20,21,22);1H. The lowest BCUT2D eigenvalue weighted by Gasteiger charge is -2.36. The summed E-state index contributed by atoms with van der Waals surface area (Å²) in [6, 6.07) is 8.66. The van der Waals surface area contributed by atoms with Crippen LogP contribution < -0.4 is 10.6 Å². The largest absolute Gasteiger partial charge is 0.381 e. The van der Waals surface area contributed by atoms with Crippen molar-refractivity contribution in [2.24, 2.45) is 4.99 Å². The van der Waals surface area contributed by atoms with E-state index in [9.17, 15) is 0 Å². The van der Waals surface area contributed by atoms with E-state index in [0.717, 1.165) is 45.1 Å². The van der Waals surface area contributed by atoms with Crippen LogP contribution in [-0.2, 0) is 9.47 Å². The van der Waals surface area contributed by atoms with Crippen LogP contribution in [0.25, 0.3) is 0 Å². The third-order valence-corrected chi connectivity index (χ3v) is 4.83. The van der Waals surface area contributed by atoms with Gasteiger partial charge in [-0.2, -0.15) is 0 Å². The van der Waals surface area contributed by atoms with Gasteiger partial charge in [0.25, 0.3) is 0 Å². The number of halogens is 1. The van der Waals surface area contributed by atoms with E-state index < -0.39 is 0 Å². The Morgan fingerprint density at radius 2 is 2.04 bits per heavy atom. The van der Waals surface area contributed by atoms with Gasteiger partial charge in [-0.3, -0.25) is 4.99 Å². The Bertz CT molecular complexity index is 545. The van der Waals surface area contributed by atoms with Crippen LogP contribution in [0.1, 0.15) is 36.8 Å². The fraction of sp³-hybridized carbons (Fsp3) is 0.632. The first-order valence-electron chi connectivity index (χ1n) is 8.72. The van der Waals surface area contributed by atoms with Crippen molar-refractivity contribution < 1.29 is 9.47 Å². The van der Waals surface area contributed by atoms with Gasteiger partial charge < -0.3 is 20.1 Å². The Morgan fingerprint density at radius 3 is 2.64 bits per heavy atom. The zero-order valence-corrected chi connectivity index (χ0v) is 18.1. The number of nitrogens with one attached hydrogen (secondary N) is 2. The molecule has 0 spiro atoms. The summed E-state index contributed by atoms with van der Waals surface area (Å²) in [6.07, 6.45) is 1.82. The number of hydrogen-bond acceptors (Lipinski definition) is 3. The van der Waals surface area contributed by atoms with Gasteiger partial charge in [-0.05, 0) is 18.4 Å². The molecule has 1 heterocycles. The first-order valence-corrected chi connectivity index (χ1v) is 8.72. The van der Waals surface area contributed by atoms with Crippen molar-refractivity contribution in [2.45, 2.75) is 38.2 Å². The van der Waals surface area contributed by atoms with Gasteiger partial charge in [-0.25, -0.2) is 0 Å². The predicted octanol–water partition coefficient (Wildman–Crippen LogP) is 3.08. The van der Waals surface area contributed by atoms with Crippen LogP contribution in [0.2, 0.25) is 0 Å². The van der Waals surface area contributed by atoms with Gasteiger partial charge in [0.15, 0.2) is 5.96 Å². The molecular weight excluding hydrogens is 429 g/mol. The molecule has 0 amide bonds. The number of ether oxygens (including phenoxy) is 2. The van der Waals surface area contributed by atoms with Crippen LogP contribution in [-0.4, -0.2) is 52.0 Å². The molecule has 5 nitrogen and oxygen atoms in total. The minimum atomic E-state index is -0.155. The van der Waals surface area contributed by atoms with Gasteiger partial charge in [0, 0.05) is 53.3 Å². The number of methoxy groups -OCH3 is 1. The van der Waals surface area contributed by atoms with E-state index in [4.69, 9.17) is 9.47 Å². The van der Waals surface area contributed by atoms with Crippen molar-refractivity contribution in [3.8, 4) is 0 Å². The average Bonchev–Trinajstić information content (AvgIpc) is 2.62. The Balaban J connectivity index is 0.00000312. The molecule has 0 saturated carbocycles. The normalized spacial score (nSPS) is 18.2. The highest BCUT2D eigenvalue weighted by molar-refractivity contribution is 14.0. The van der Waals surface area contributed by atoms with Crippen LogP contribution in [0.3, 0.4) is 0 Å². The van der Waals surface area contributed by atoms with Crippen LogP contribution in [0.5, 0.6) is 0 Å². The van der Waals surface area contributed by atoms with E-state index in [0.29, 0.717) is 5.92 Å². The highest BCUT2D eigenvalue weighted by atomic mass is 127. The van der Waals surface area contributed by atoms with Crippen LogP contribution in [0.15, 0.2) is 29.3 Å². The first kappa shape index (κ1) is 22.2. The van der Waals surface area contributed by atoms with Crippen molar-refractivity contribution >= 4 is 29.9 Å². The Labute approximate surface area is 169 Å². The molecule has 0 bridgehead atoms. The molecule has 0 aliphatic carbocycles. The van der Waals surface area contributed by atoms with Gasteiger partial charge in [0.05, 0.1) is 5.60 Å². The van der Waals surface area contributed by atoms with E-state index in [2.05, 4.69) is 53.7 Å². The molecule has 2 N–H and O–H groups in total. The number of rotatable bonds is 6. The minimum absolute atomic E-state index is 0. The molecule has 1 aliphatic heterocycles. The van der Waals surface area contributed by atoms with Crippen molar-refractivity contribution in [1.82, 2.24) is 10.6 Å². The number of aliphatic imine (C=N–C) groups is 1. The first-order chi connectivity index (χ1) is 11.6. The second kappa shape index (κ2) is 11.0. The Morgan fingerprint density at radius 1 is 1.32 bits per heavy atom. The molecule has 1 fully saturated rings. The molecule has 1 aliphatic rings. The molecule has 142 valence electrons. The minimum Gasteiger partial charge on any atom is -0.381 e. The maximum Gasteiger partial charge on any atom is 0.191 e. The van der Waals surface area contributed by atoms with Gasteiger partial charge in [0.1, 0.15) is 0 Å². The predicted molar refractivity (Wildman–Crippen MR) is 114 cm³/mol. The third kappa shape index (κ3) is 6.75. The number of benzene rings is 1. The molecule has 1 aromatic rings. The van der Waals surface area contributed by atoms with Crippen molar-refractivity contribution in [2.75, 3.05) is 40.5 Å².